The lowest BCUT2D eigenvalue weighted by molar-refractivity contribution is -0.136. The van der Waals surface area contributed by atoms with Crippen molar-refractivity contribution in [3.05, 3.63) is 89.9 Å². The number of urea groups is 1. The fraction of sp³-hybridized carbons (Fsp3) is 0.500. The van der Waals surface area contributed by atoms with Crippen molar-refractivity contribution in [2.45, 2.75) is 70.6 Å². The average molecular weight is 823 g/mol. The number of amides is 5. The first kappa shape index (κ1) is 43.3. The molecule has 59 heavy (non-hydrogen) atoms. The zero-order valence-corrected chi connectivity index (χ0v) is 33.5. The van der Waals surface area contributed by atoms with Crippen molar-refractivity contribution in [3.63, 3.8) is 0 Å². The molecule has 2 fully saturated rings. The topological polar surface area (TPSA) is 150 Å². The van der Waals surface area contributed by atoms with Gasteiger partial charge < -0.3 is 34.9 Å². The van der Waals surface area contributed by atoms with Gasteiger partial charge in [-0.15, -0.1) is 0 Å². The largest absolute Gasteiger partial charge is 0.448 e. The first-order valence-electron chi connectivity index (χ1n) is 20.3. The number of aromatic nitrogens is 2. The highest BCUT2D eigenvalue weighted by Crippen LogP contribution is 2.33. The summed E-state index contributed by atoms with van der Waals surface area (Å²) >= 11 is 0. The van der Waals surface area contributed by atoms with Gasteiger partial charge in [-0.3, -0.25) is 19.4 Å². The van der Waals surface area contributed by atoms with E-state index in [0.29, 0.717) is 57.9 Å². The zero-order chi connectivity index (χ0) is 41.9. The van der Waals surface area contributed by atoms with Crippen LogP contribution in [0.3, 0.4) is 0 Å². The first-order valence-corrected chi connectivity index (χ1v) is 20.3. The highest BCUT2D eigenvalue weighted by molar-refractivity contribution is 6.12. The van der Waals surface area contributed by atoms with Gasteiger partial charge in [0.25, 0.3) is 11.8 Å². The Morgan fingerprint density at radius 3 is 2.41 bits per heavy atom. The van der Waals surface area contributed by atoms with Gasteiger partial charge in [0.05, 0.1) is 24.4 Å². The molecule has 3 N–H and O–H groups in total. The fourth-order valence-corrected chi connectivity index (χ4v) is 7.76. The monoisotopic (exact) mass is 822 g/mol. The lowest BCUT2D eigenvalue weighted by atomic mass is 10.1. The van der Waals surface area contributed by atoms with Crippen LogP contribution in [0.5, 0.6) is 0 Å². The summed E-state index contributed by atoms with van der Waals surface area (Å²) in [7, 11) is 0. The number of nitrogens with one attached hydrogen (secondary N) is 3. The Balaban J connectivity index is 1.17. The van der Waals surface area contributed by atoms with Crippen LogP contribution >= 0.6 is 0 Å². The number of alkyl carbamates (subject to hydrolysis) is 1. The van der Waals surface area contributed by atoms with E-state index < -0.39 is 42.0 Å². The van der Waals surface area contributed by atoms with Crippen molar-refractivity contribution in [1.82, 2.24) is 40.2 Å². The quantitative estimate of drug-likeness (QED) is 0.122. The van der Waals surface area contributed by atoms with E-state index in [0.717, 1.165) is 36.6 Å². The number of alkyl halides is 1. The number of carbonyl (C=O) groups is 4. The van der Waals surface area contributed by atoms with Crippen LogP contribution in [-0.2, 0) is 25.6 Å². The molecule has 0 spiro atoms. The maximum Gasteiger partial charge on any atom is 0.407 e. The number of nitrogens with zero attached hydrogens (tertiary/aromatic N) is 5. The molecular formula is C42H53F3N8O6. The Morgan fingerprint density at radius 2 is 1.69 bits per heavy atom. The maximum atomic E-state index is 15.3. The molecule has 1 unspecified atom stereocenters. The minimum atomic E-state index is -1.22. The molecule has 0 radical (unpaired) electrons. The number of imidazole rings is 1. The molecule has 3 aliphatic rings. The van der Waals surface area contributed by atoms with Crippen LogP contribution in [0.25, 0.3) is 11.3 Å². The van der Waals surface area contributed by atoms with Crippen LogP contribution in [-0.4, -0.2) is 126 Å². The van der Waals surface area contributed by atoms with Crippen LogP contribution in [0.4, 0.5) is 22.8 Å². The van der Waals surface area contributed by atoms with E-state index in [9.17, 15) is 23.6 Å². The maximum absolute atomic E-state index is 15.3. The minimum Gasteiger partial charge on any atom is -0.448 e. The lowest BCUT2D eigenvalue weighted by Crippen LogP contribution is -2.56. The smallest absolute Gasteiger partial charge is 0.407 e. The van der Waals surface area contributed by atoms with Crippen molar-refractivity contribution >= 4 is 23.9 Å². The van der Waals surface area contributed by atoms with Gasteiger partial charge in [0, 0.05) is 82.2 Å². The fourth-order valence-electron chi connectivity index (χ4n) is 7.76. The number of imide groups is 1. The van der Waals surface area contributed by atoms with Crippen molar-refractivity contribution in [2.75, 3.05) is 59.0 Å². The number of halogens is 3. The molecule has 2 saturated heterocycles. The summed E-state index contributed by atoms with van der Waals surface area (Å²) in [6.45, 7) is 5.92. The number of morpholine rings is 1. The van der Waals surface area contributed by atoms with Crippen LogP contribution < -0.4 is 16.0 Å². The zero-order valence-electron chi connectivity index (χ0n) is 33.5. The molecule has 5 amide bonds. The van der Waals surface area contributed by atoms with E-state index in [2.05, 4.69) is 20.9 Å². The highest BCUT2D eigenvalue weighted by Gasteiger charge is 2.41. The van der Waals surface area contributed by atoms with Gasteiger partial charge in [-0.05, 0) is 50.5 Å². The predicted octanol–water partition coefficient (Wildman–Crippen LogP) is 4.77. The molecule has 3 aliphatic heterocycles. The van der Waals surface area contributed by atoms with E-state index in [1.54, 1.807) is 6.20 Å². The Hall–Kier alpha value is -5.26. The Bertz CT molecular complexity index is 1920. The lowest BCUT2D eigenvalue weighted by Gasteiger charge is -2.44. The second-order valence-corrected chi connectivity index (χ2v) is 15.3. The van der Waals surface area contributed by atoms with E-state index in [4.69, 9.17) is 14.5 Å². The molecule has 5 atom stereocenters. The Morgan fingerprint density at radius 1 is 0.966 bits per heavy atom. The van der Waals surface area contributed by atoms with Gasteiger partial charge in [0.1, 0.15) is 36.4 Å². The third kappa shape index (κ3) is 11.7. The molecular weight excluding hydrogens is 770 g/mol. The molecule has 0 saturated carbocycles. The molecule has 14 nitrogen and oxygen atoms in total. The molecule has 4 heterocycles. The molecule has 0 bridgehead atoms. The number of ether oxygens (including phenoxy) is 2. The third-order valence-electron chi connectivity index (χ3n) is 10.6. The number of rotatable bonds is 18. The standard InChI is InChI=1S/C42H53F3N8O6/c1-28-23-51(24-29(2)59-28)40(39-49-36(33-20-32(43)12-13-34(33)44)27-50(39)25-30-10-6-5-7-11-30)53(26-31-21-46-22-35(31)45)41(56)47-17-19-58-42(57)48-16-8-3-4-9-18-52-37(54)14-15-38(52)55/h5-7,10-15,20,27-29,31,35,40,46H,3-4,8-9,16-19,21-26H2,1-2H3,(H,47,56)(H,48,57)/t28-,29+,31?,35-,40-/m0/s1. The van der Waals surface area contributed by atoms with E-state index in [-0.39, 0.29) is 61.5 Å². The molecule has 3 aromatic rings. The molecule has 17 heteroatoms. The van der Waals surface area contributed by atoms with Gasteiger partial charge in [-0.25, -0.2) is 27.7 Å². The molecule has 318 valence electrons. The molecule has 0 aliphatic carbocycles. The minimum absolute atomic E-state index is 0.00444. The summed E-state index contributed by atoms with van der Waals surface area (Å²) in [6, 6.07) is 12.2. The second kappa shape index (κ2) is 20.6. The summed E-state index contributed by atoms with van der Waals surface area (Å²) in [4.78, 5) is 60.0. The SMILES string of the molecule is C[C@@H]1CN([C@H](c2nc(-c3cc(F)ccc3F)cn2Cc2ccccc2)N(CC2CNC[C@@H]2F)C(=O)NCCOC(=O)NCCCCCCN2C(=O)C=CC2=O)C[C@H](C)O1. The third-order valence-corrected chi connectivity index (χ3v) is 10.6. The van der Waals surface area contributed by atoms with Crippen molar-refractivity contribution in [1.29, 1.82) is 0 Å². The highest BCUT2D eigenvalue weighted by atomic mass is 19.1. The summed E-state index contributed by atoms with van der Waals surface area (Å²) in [5, 5.41) is 8.62. The van der Waals surface area contributed by atoms with Crippen molar-refractivity contribution < 1.29 is 41.8 Å². The second-order valence-electron chi connectivity index (χ2n) is 15.3. The normalized spacial score (nSPS) is 21.2. The van der Waals surface area contributed by atoms with E-state index >= 15 is 8.78 Å². The van der Waals surface area contributed by atoms with Gasteiger partial charge >= 0.3 is 12.1 Å². The molecule has 6 rings (SSSR count). The van der Waals surface area contributed by atoms with Gasteiger partial charge in [-0.2, -0.15) is 0 Å². The predicted molar refractivity (Wildman–Crippen MR) is 212 cm³/mol. The van der Waals surface area contributed by atoms with E-state index in [1.165, 1.54) is 22.0 Å². The summed E-state index contributed by atoms with van der Waals surface area (Å²) in [6.07, 6.45) is 3.80. The number of hydrogen-bond acceptors (Lipinski definition) is 9. The van der Waals surface area contributed by atoms with E-state index in [1.807, 2.05) is 48.7 Å². The summed E-state index contributed by atoms with van der Waals surface area (Å²) in [5.41, 5.74) is 1.03. The first-order chi connectivity index (χ1) is 28.5. The van der Waals surface area contributed by atoms with Gasteiger partial charge in [0.2, 0.25) is 0 Å². The Labute approximate surface area is 342 Å². The molecule has 2 aromatic carbocycles. The average Bonchev–Trinajstić information content (AvgIpc) is 3.91. The van der Waals surface area contributed by atoms with Crippen LogP contribution in [0.15, 0.2) is 66.9 Å². The Kier molecular flexibility index (Phi) is 15.1. The van der Waals surface area contributed by atoms with Crippen LogP contribution in [0, 0.1) is 17.6 Å². The summed E-state index contributed by atoms with van der Waals surface area (Å²) < 4.78 is 58.4. The van der Waals surface area contributed by atoms with Crippen LogP contribution in [0.2, 0.25) is 0 Å². The van der Waals surface area contributed by atoms with Crippen molar-refractivity contribution in [2.24, 2.45) is 5.92 Å². The van der Waals surface area contributed by atoms with Gasteiger partial charge in [0.15, 0.2) is 0 Å². The summed E-state index contributed by atoms with van der Waals surface area (Å²) in [5.74, 6) is -2.08. The number of carbonyl (C=O) groups excluding carboxylic acids is 4. The van der Waals surface area contributed by atoms with Crippen molar-refractivity contribution in [3.8, 4) is 11.3 Å². The molecule has 1 aromatic heterocycles. The number of benzene rings is 2. The van der Waals surface area contributed by atoms with Gasteiger partial charge in [-0.1, -0.05) is 43.2 Å². The number of hydrogen-bond donors (Lipinski definition) is 3. The van der Waals surface area contributed by atoms with Crippen LogP contribution in [0.1, 0.15) is 57.1 Å². The number of unbranched alkanes of at least 4 members (excludes halogenated alkanes) is 3.